The molecule has 3 atom stereocenters. The second-order valence-electron chi connectivity index (χ2n) is 9.25. The molecule has 1 fully saturated rings. The van der Waals surface area contributed by atoms with E-state index in [9.17, 15) is 26.7 Å². The van der Waals surface area contributed by atoms with Crippen LogP contribution in [0.5, 0.6) is 0 Å². The maximum absolute atomic E-state index is 13.6. The zero-order valence-electron chi connectivity index (χ0n) is 20.1. The molecule has 2 radical (unpaired) electrons. The zero-order valence-corrected chi connectivity index (χ0v) is 21.0. The van der Waals surface area contributed by atoms with Crippen molar-refractivity contribution < 1.29 is 26.7 Å². The second-order valence-corrected chi connectivity index (χ2v) is 9.93. The minimum Gasteiger partial charge on any atom is -0.760 e. The molecule has 14 heteroatoms. The molecule has 2 aromatic rings. The molecule has 1 aromatic carbocycles. The molecule has 0 aliphatic heterocycles. The number of alkyl halides is 3. The zero-order chi connectivity index (χ0) is 27.1. The summed E-state index contributed by atoms with van der Waals surface area (Å²) in [5.74, 6) is -0.933. The predicted molar refractivity (Wildman–Crippen MR) is 135 cm³/mol. The average Bonchev–Trinajstić information content (AvgIpc) is 2.81. The number of primary amides is 1. The lowest BCUT2D eigenvalue weighted by molar-refractivity contribution is -0.137. The highest BCUT2D eigenvalue weighted by molar-refractivity contribution is 7.77. The van der Waals surface area contributed by atoms with Gasteiger partial charge >= 0.3 is 6.18 Å². The fourth-order valence-electron chi connectivity index (χ4n) is 4.37. The molecule has 200 valence electrons. The molecular formula is C23H29BF3N6O3S-. The Morgan fingerprint density at radius 3 is 2.49 bits per heavy atom. The van der Waals surface area contributed by atoms with Crippen LogP contribution in [0, 0.1) is 5.92 Å². The van der Waals surface area contributed by atoms with E-state index in [1.165, 1.54) is 12.1 Å². The largest absolute Gasteiger partial charge is 0.760 e. The molecule has 5 N–H and O–H groups in total. The quantitative estimate of drug-likeness (QED) is 0.297. The van der Waals surface area contributed by atoms with Gasteiger partial charge in [0.2, 0.25) is 11.9 Å². The van der Waals surface area contributed by atoms with Crippen molar-refractivity contribution in [3.63, 3.8) is 0 Å². The van der Waals surface area contributed by atoms with Gasteiger partial charge in [-0.1, -0.05) is 25.7 Å². The number of nitrogens with one attached hydrogen (secondary N) is 3. The van der Waals surface area contributed by atoms with Crippen LogP contribution in [0.2, 0.25) is 0 Å². The Hall–Kier alpha value is -2.71. The highest BCUT2D eigenvalue weighted by atomic mass is 32.2. The van der Waals surface area contributed by atoms with E-state index in [-0.39, 0.29) is 29.8 Å². The van der Waals surface area contributed by atoms with Crippen molar-refractivity contribution in [1.82, 2.24) is 14.7 Å². The molecule has 37 heavy (non-hydrogen) atoms. The monoisotopic (exact) mass is 537 g/mol. The van der Waals surface area contributed by atoms with Gasteiger partial charge in [-0.25, -0.2) is 4.98 Å². The molecule has 3 rings (SSSR count). The van der Waals surface area contributed by atoms with Crippen molar-refractivity contribution >= 4 is 42.5 Å². The molecular weight excluding hydrogens is 508 g/mol. The minimum absolute atomic E-state index is 0.0436. The molecule has 1 saturated carbocycles. The van der Waals surface area contributed by atoms with Crippen LogP contribution in [0.4, 0.5) is 30.6 Å². The summed E-state index contributed by atoms with van der Waals surface area (Å²) in [5.41, 5.74) is 3.98. The van der Waals surface area contributed by atoms with Crippen LogP contribution in [-0.2, 0) is 17.4 Å². The molecule has 0 saturated heterocycles. The van der Waals surface area contributed by atoms with Crippen molar-refractivity contribution in [2.45, 2.75) is 63.0 Å². The Labute approximate surface area is 217 Å². The summed E-state index contributed by atoms with van der Waals surface area (Å²) >= 11 is -2.48. The molecule has 1 amide bonds. The van der Waals surface area contributed by atoms with Crippen molar-refractivity contribution in [1.29, 1.82) is 0 Å². The van der Waals surface area contributed by atoms with Crippen LogP contribution in [0.1, 0.15) is 67.3 Å². The van der Waals surface area contributed by atoms with Crippen molar-refractivity contribution in [2.24, 2.45) is 11.7 Å². The third-order valence-electron chi connectivity index (χ3n) is 6.34. The maximum atomic E-state index is 13.6. The number of nitrogens with zero attached hydrogens (tertiary/aromatic N) is 2. The lowest BCUT2D eigenvalue weighted by Gasteiger charge is -2.34. The van der Waals surface area contributed by atoms with Gasteiger partial charge in [0.1, 0.15) is 11.4 Å². The molecule has 1 heterocycles. The SMILES string of the molecule is [B]C1(NS(=O)[O-])CCCCCC(CNc2nc(Nc3ccc(C(N)=O)cc3)ncc2C(F)(F)F)CCC1. The summed E-state index contributed by atoms with van der Waals surface area (Å²) in [7, 11) is 6.24. The number of carbonyl (C=O) groups is 1. The fourth-order valence-corrected chi connectivity index (χ4v) is 4.91. The number of halogens is 3. The van der Waals surface area contributed by atoms with E-state index in [4.69, 9.17) is 13.6 Å². The number of hydrogen-bond acceptors (Lipinski definition) is 7. The Bertz CT molecular complexity index is 1090. The van der Waals surface area contributed by atoms with Crippen LogP contribution in [0.3, 0.4) is 0 Å². The molecule has 0 bridgehead atoms. The third-order valence-corrected chi connectivity index (χ3v) is 6.91. The van der Waals surface area contributed by atoms with Gasteiger partial charge in [-0.15, -0.1) is 0 Å². The Morgan fingerprint density at radius 1 is 1.16 bits per heavy atom. The molecule has 1 aliphatic carbocycles. The average molecular weight is 537 g/mol. The molecule has 1 aromatic heterocycles. The first kappa shape index (κ1) is 28.9. The Kier molecular flexibility index (Phi) is 9.90. The number of rotatable bonds is 8. The first-order chi connectivity index (χ1) is 17.4. The van der Waals surface area contributed by atoms with Gasteiger partial charge in [-0.2, -0.15) is 18.2 Å². The summed E-state index contributed by atoms with van der Waals surface area (Å²) in [6, 6.07) is 6.05. The number of aromatic nitrogens is 2. The topological polar surface area (TPSA) is 145 Å². The molecule has 0 spiro atoms. The Balaban J connectivity index is 1.70. The Morgan fingerprint density at radius 2 is 1.84 bits per heavy atom. The van der Waals surface area contributed by atoms with Crippen LogP contribution < -0.4 is 21.1 Å². The van der Waals surface area contributed by atoms with Crippen LogP contribution in [0.25, 0.3) is 0 Å². The second kappa shape index (κ2) is 12.7. The number of hydrogen-bond donors (Lipinski definition) is 4. The predicted octanol–water partition coefficient (Wildman–Crippen LogP) is 3.75. The molecule has 3 unspecified atom stereocenters. The number of amides is 1. The summed E-state index contributed by atoms with van der Waals surface area (Å²) in [4.78, 5) is 19.1. The number of carbonyl (C=O) groups excluding carboxylic acids is 1. The van der Waals surface area contributed by atoms with Crippen molar-refractivity contribution in [2.75, 3.05) is 17.2 Å². The first-order valence-corrected chi connectivity index (χ1v) is 13.0. The van der Waals surface area contributed by atoms with E-state index in [0.29, 0.717) is 31.4 Å². The summed E-state index contributed by atoms with van der Waals surface area (Å²) in [5, 5.41) is 5.69. The standard InChI is InChI=1S/C23H30BF3N6O3S/c24-22(33-37(35)36)11-3-1-2-5-15(6-4-12-22)13-29-20-18(23(25,26)27)14-30-21(32-20)31-17-9-7-16(8-10-17)19(28)34/h7-10,14-15,33H,1-6,11-13H2,(H2,28,34)(H,35,36)(H2,29,30,31,32)/p-1. The highest BCUT2D eigenvalue weighted by Gasteiger charge is 2.35. The summed E-state index contributed by atoms with van der Waals surface area (Å²) < 4.78 is 65.6. The van der Waals surface area contributed by atoms with Crippen LogP contribution in [-0.4, -0.2) is 44.5 Å². The van der Waals surface area contributed by atoms with Gasteiger partial charge in [0.05, 0.1) is 7.85 Å². The van der Waals surface area contributed by atoms with E-state index in [1.54, 1.807) is 12.1 Å². The molecule has 1 aliphatic rings. The minimum atomic E-state index is -4.65. The van der Waals surface area contributed by atoms with Crippen LogP contribution >= 0.6 is 0 Å². The normalized spacial score (nSPS) is 22.1. The maximum Gasteiger partial charge on any atom is 0.421 e. The smallest absolute Gasteiger partial charge is 0.421 e. The lowest BCUT2D eigenvalue weighted by atomic mass is 9.70. The van der Waals surface area contributed by atoms with Crippen molar-refractivity contribution in [3.8, 4) is 0 Å². The number of nitrogens with two attached hydrogens (primary N) is 1. The van der Waals surface area contributed by atoms with Gasteiger partial charge in [-0.05, 0) is 61.3 Å². The van der Waals surface area contributed by atoms with E-state index >= 15 is 0 Å². The van der Waals surface area contributed by atoms with Crippen LogP contribution in [0.15, 0.2) is 30.5 Å². The van der Waals surface area contributed by atoms with E-state index in [0.717, 1.165) is 31.9 Å². The van der Waals surface area contributed by atoms with Crippen molar-refractivity contribution in [3.05, 3.63) is 41.6 Å². The highest BCUT2D eigenvalue weighted by Crippen LogP contribution is 2.35. The third kappa shape index (κ3) is 8.97. The van der Waals surface area contributed by atoms with E-state index < -0.39 is 34.4 Å². The first-order valence-electron chi connectivity index (χ1n) is 12.0. The summed E-state index contributed by atoms with van der Waals surface area (Å²) in [6.45, 7) is 0.255. The lowest BCUT2D eigenvalue weighted by Crippen LogP contribution is -2.46. The summed E-state index contributed by atoms with van der Waals surface area (Å²) in [6.07, 6.45) is 1.58. The van der Waals surface area contributed by atoms with E-state index in [1.807, 2.05) is 0 Å². The van der Waals surface area contributed by atoms with Gasteiger partial charge < -0.3 is 20.9 Å². The fraction of sp³-hybridized carbons (Fsp3) is 0.522. The van der Waals surface area contributed by atoms with Gasteiger partial charge in [0.15, 0.2) is 0 Å². The molecule has 9 nitrogen and oxygen atoms in total. The van der Waals surface area contributed by atoms with Gasteiger partial charge in [0.25, 0.3) is 0 Å². The van der Waals surface area contributed by atoms with Gasteiger partial charge in [-0.3, -0.25) is 13.7 Å². The number of anilines is 3. The van der Waals surface area contributed by atoms with Gasteiger partial charge in [0, 0.05) is 35.3 Å². The number of benzene rings is 1. The van der Waals surface area contributed by atoms with E-state index in [2.05, 4.69) is 25.3 Å².